The SMILES string of the molecule is c1ccc(-c2cc(-c3cc4c5c(c3)-n3c6ccc7c8ccccc8c8ccccc8c7c6c6c7c8ccccc8c8ccccc8c7cc(c63)B5c3ccccc3N4c3ccccc3)c(-c3ccccc3)c(-c3ccccc3)c2-c2ccccc2)cc1. The van der Waals surface area contributed by atoms with Crippen LogP contribution in [0.15, 0.2) is 309 Å². The first-order chi connectivity index (χ1) is 43.2. The predicted molar refractivity (Wildman–Crippen MR) is 372 cm³/mol. The van der Waals surface area contributed by atoms with Crippen LogP contribution in [0.5, 0.6) is 0 Å². The standard InChI is InChI=1S/C84H51BN2/c1-6-26-52(27-7-1)67-50-68(77(54-30-10-3-11-31-54)78(55-32-12-4-13-33-55)76(67)53-28-8-2-9-29-53)56-48-74-83-75(49-56)87-73-47-46-66-62-40-18-16-36-58(62)60-38-20-22-42-64(60)79(66)81(73)82-80-65-43-23-21-39-61(65)59-37-17-19-41-63(59)69(80)51-71(84(82)87)85(83)70-44-24-25-45-72(70)86(74)57-34-14-5-15-35-57/h1-51H. The van der Waals surface area contributed by atoms with E-state index in [9.17, 15) is 0 Å². The number of nitrogens with zero attached hydrogens (tertiary/aromatic N) is 2. The quantitative estimate of drug-likeness (QED) is 0.119. The summed E-state index contributed by atoms with van der Waals surface area (Å²) >= 11 is 0. The van der Waals surface area contributed by atoms with E-state index in [1.54, 1.807) is 0 Å². The normalized spacial score (nSPS) is 12.6. The highest BCUT2D eigenvalue weighted by Crippen LogP contribution is 2.54. The summed E-state index contributed by atoms with van der Waals surface area (Å²) < 4.78 is 2.72. The Morgan fingerprint density at radius 1 is 0.241 bits per heavy atom. The molecule has 400 valence electrons. The van der Waals surface area contributed by atoms with E-state index in [-0.39, 0.29) is 6.71 Å². The molecule has 0 bridgehead atoms. The highest BCUT2D eigenvalue weighted by molar-refractivity contribution is 7.00. The molecule has 0 N–H and O–H groups in total. The van der Waals surface area contributed by atoms with Gasteiger partial charge in [-0.25, -0.2) is 0 Å². The van der Waals surface area contributed by atoms with Crippen molar-refractivity contribution in [3.63, 3.8) is 0 Å². The van der Waals surface area contributed by atoms with Crippen molar-refractivity contribution in [3.8, 4) is 61.3 Å². The van der Waals surface area contributed by atoms with Gasteiger partial charge in [0.05, 0.1) is 11.0 Å². The number of fused-ring (bicyclic) bond motifs is 21. The first-order valence-corrected chi connectivity index (χ1v) is 30.4. The lowest BCUT2D eigenvalue weighted by Crippen LogP contribution is -2.60. The fourth-order valence-electron chi connectivity index (χ4n) is 15.9. The van der Waals surface area contributed by atoms with Gasteiger partial charge in [-0.05, 0) is 168 Å². The third kappa shape index (κ3) is 6.82. The van der Waals surface area contributed by atoms with E-state index < -0.39 is 0 Å². The smallest absolute Gasteiger partial charge is 0.252 e. The number of aromatic nitrogens is 1. The Hall–Kier alpha value is -11.3. The third-order valence-corrected chi connectivity index (χ3v) is 19.3. The Morgan fingerprint density at radius 2 is 0.655 bits per heavy atom. The first-order valence-electron chi connectivity index (χ1n) is 30.4. The van der Waals surface area contributed by atoms with Crippen molar-refractivity contribution in [2.75, 3.05) is 4.90 Å². The lowest BCUT2D eigenvalue weighted by atomic mass is 9.33. The number of hydrogen-bond acceptors (Lipinski definition) is 1. The maximum Gasteiger partial charge on any atom is 0.252 e. The van der Waals surface area contributed by atoms with Gasteiger partial charge in [0, 0.05) is 44.3 Å². The Labute approximate surface area is 503 Å². The van der Waals surface area contributed by atoms with Gasteiger partial charge in [0.15, 0.2) is 0 Å². The summed E-state index contributed by atoms with van der Waals surface area (Å²) in [6.45, 7) is -0.119. The minimum absolute atomic E-state index is 0.119. The van der Waals surface area contributed by atoms with Gasteiger partial charge in [-0.2, -0.15) is 0 Å². The van der Waals surface area contributed by atoms with Crippen molar-refractivity contribution in [2.24, 2.45) is 0 Å². The first kappa shape index (κ1) is 48.2. The lowest BCUT2D eigenvalue weighted by Gasteiger charge is -2.41. The maximum absolute atomic E-state index is 2.72. The lowest BCUT2D eigenvalue weighted by molar-refractivity contribution is 1.18. The predicted octanol–water partition coefficient (Wildman–Crippen LogP) is 20.7. The van der Waals surface area contributed by atoms with Gasteiger partial charge in [-0.1, -0.05) is 267 Å². The zero-order valence-electron chi connectivity index (χ0n) is 47.4. The molecule has 2 aliphatic heterocycles. The molecule has 0 aliphatic carbocycles. The number of hydrogen-bond donors (Lipinski definition) is 0. The molecule has 19 rings (SSSR count). The van der Waals surface area contributed by atoms with Gasteiger partial charge in [-0.15, -0.1) is 0 Å². The molecule has 1 aromatic heterocycles. The number of para-hydroxylation sites is 2. The van der Waals surface area contributed by atoms with Crippen LogP contribution >= 0.6 is 0 Å². The fourth-order valence-corrected chi connectivity index (χ4v) is 15.9. The van der Waals surface area contributed by atoms with Crippen LogP contribution < -0.4 is 21.3 Å². The average Bonchev–Trinajstić information content (AvgIpc) is 1.59. The van der Waals surface area contributed by atoms with Crippen LogP contribution in [0.1, 0.15) is 0 Å². The third-order valence-electron chi connectivity index (χ3n) is 19.3. The molecular formula is C84H51BN2. The summed E-state index contributed by atoms with van der Waals surface area (Å²) in [5.74, 6) is 0. The summed E-state index contributed by atoms with van der Waals surface area (Å²) in [4.78, 5) is 2.57. The van der Waals surface area contributed by atoms with Crippen LogP contribution in [0.3, 0.4) is 0 Å². The van der Waals surface area contributed by atoms with Gasteiger partial charge in [-0.3, -0.25) is 0 Å². The molecule has 0 spiro atoms. The average molecular weight is 1100 g/mol. The zero-order chi connectivity index (χ0) is 56.8. The van der Waals surface area contributed by atoms with Crippen LogP contribution in [-0.2, 0) is 0 Å². The molecule has 2 aliphatic rings. The highest BCUT2D eigenvalue weighted by Gasteiger charge is 2.44. The summed E-state index contributed by atoms with van der Waals surface area (Å²) in [5, 5.41) is 17.9. The summed E-state index contributed by atoms with van der Waals surface area (Å²) in [7, 11) is 0. The second kappa shape index (κ2) is 18.6. The van der Waals surface area contributed by atoms with E-state index in [4.69, 9.17) is 0 Å². The largest absolute Gasteiger partial charge is 0.311 e. The maximum atomic E-state index is 2.72. The molecule has 17 aromatic rings. The van der Waals surface area contributed by atoms with E-state index in [1.165, 1.54) is 164 Å². The molecular weight excluding hydrogens is 1050 g/mol. The Morgan fingerprint density at radius 3 is 1.22 bits per heavy atom. The molecule has 3 heteroatoms. The molecule has 0 fully saturated rings. The minimum atomic E-state index is -0.119. The molecule has 3 heterocycles. The van der Waals surface area contributed by atoms with Crippen molar-refractivity contribution in [1.82, 2.24) is 4.57 Å². The molecule has 0 saturated carbocycles. The monoisotopic (exact) mass is 1100 g/mol. The Bertz CT molecular complexity index is 5700. The van der Waals surface area contributed by atoms with E-state index in [0.717, 1.165) is 16.8 Å². The van der Waals surface area contributed by atoms with E-state index in [2.05, 4.69) is 319 Å². The Balaban J connectivity index is 1.06. The van der Waals surface area contributed by atoms with Crippen molar-refractivity contribution in [3.05, 3.63) is 309 Å². The van der Waals surface area contributed by atoms with E-state index >= 15 is 0 Å². The minimum Gasteiger partial charge on any atom is -0.311 e. The molecule has 87 heavy (non-hydrogen) atoms. The van der Waals surface area contributed by atoms with Crippen LogP contribution in [0.4, 0.5) is 17.1 Å². The van der Waals surface area contributed by atoms with Crippen LogP contribution in [0, 0.1) is 0 Å². The second-order valence-electron chi connectivity index (χ2n) is 23.7. The molecule has 0 unspecified atom stereocenters. The van der Waals surface area contributed by atoms with Gasteiger partial charge in [0.2, 0.25) is 0 Å². The van der Waals surface area contributed by atoms with Gasteiger partial charge in [0.1, 0.15) is 0 Å². The molecule has 16 aromatic carbocycles. The van der Waals surface area contributed by atoms with Gasteiger partial charge < -0.3 is 9.47 Å². The van der Waals surface area contributed by atoms with E-state index in [1.807, 2.05) is 0 Å². The summed E-state index contributed by atoms with van der Waals surface area (Å²) in [6, 6.07) is 116. The van der Waals surface area contributed by atoms with E-state index in [0.29, 0.717) is 0 Å². The van der Waals surface area contributed by atoms with Crippen molar-refractivity contribution < 1.29 is 0 Å². The van der Waals surface area contributed by atoms with Crippen molar-refractivity contribution in [2.45, 2.75) is 0 Å². The molecule has 2 nitrogen and oxygen atoms in total. The fraction of sp³-hybridized carbons (Fsp3) is 0. The molecule has 0 amide bonds. The highest BCUT2D eigenvalue weighted by atomic mass is 15.2. The molecule has 0 radical (unpaired) electrons. The summed E-state index contributed by atoms with van der Waals surface area (Å²) in [5.41, 5.74) is 22.8. The summed E-state index contributed by atoms with van der Waals surface area (Å²) in [6.07, 6.45) is 0. The van der Waals surface area contributed by atoms with Crippen LogP contribution in [0.2, 0.25) is 0 Å². The zero-order valence-corrected chi connectivity index (χ0v) is 47.4. The van der Waals surface area contributed by atoms with Crippen molar-refractivity contribution >= 4 is 127 Å². The molecule has 0 atom stereocenters. The van der Waals surface area contributed by atoms with Crippen LogP contribution in [-0.4, -0.2) is 11.3 Å². The topological polar surface area (TPSA) is 8.17 Å². The number of anilines is 3. The van der Waals surface area contributed by atoms with Crippen LogP contribution in [0.25, 0.3) is 148 Å². The Kier molecular flexibility index (Phi) is 10.3. The number of benzene rings is 16. The van der Waals surface area contributed by atoms with Gasteiger partial charge >= 0.3 is 0 Å². The van der Waals surface area contributed by atoms with Crippen molar-refractivity contribution in [1.29, 1.82) is 0 Å². The second-order valence-corrected chi connectivity index (χ2v) is 23.7. The number of rotatable bonds is 6. The van der Waals surface area contributed by atoms with Gasteiger partial charge in [0.25, 0.3) is 6.71 Å². The molecule has 0 saturated heterocycles.